The molecule has 0 aliphatic rings. The number of halogens is 5. The van der Waals surface area contributed by atoms with Crippen molar-refractivity contribution in [3.05, 3.63) is 53.7 Å². The lowest BCUT2D eigenvalue weighted by atomic mass is 10.2. The fourth-order valence-electron chi connectivity index (χ4n) is 2.05. The molecule has 0 N–H and O–H groups in total. The van der Waals surface area contributed by atoms with Gasteiger partial charge in [-0.1, -0.05) is 69.5 Å². The maximum absolute atomic E-state index is 12.6. The highest BCUT2D eigenvalue weighted by Gasteiger charge is 2.23. The molecule has 0 fully saturated rings. The number of benzene rings is 2. The summed E-state index contributed by atoms with van der Waals surface area (Å²) in [4.78, 5) is 12.6. The quantitative estimate of drug-likeness (QED) is 0.352. The highest BCUT2D eigenvalue weighted by molar-refractivity contribution is 7.14. The zero-order chi connectivity index (χ0) is 16.9. The number of nitrogens with zero attached hydrogens (tertiary/aromatic N) is 1. The van der Waals surface area contributed by atoms with Crippen LogP contribution in [0, 0.1) is 0 Å². The topological polar surface area (TPSA) is 31.2 Å². The van der Waals surface area contributed by atoms with Crippen molar-refractivity contribution in [2.45, 2.75) is 0 Å². The molecule has 3 aromatic rings. The van der Waals surface area contributed by atoms with Gasteiger partial charge in [0.25, 0.3) is 5.56 Å². The minimum atomic E-state index is -0.286. The molecular formula is C14H6Cl5NO2S. The zero-order valence-corrected chi connectivity index (χ0v) is 15.9. The summed E-state index contributed by atoms with van der Waals surface area (Å²) in [6, 6.07) is 5.12. The first-order valence-corrected chi connectivity index (χ1v) is 8.75. The van der Waals surface area contributed by atoms with Gasteiger partial charge in [0.15, 0.2) is 0 Å². The van der Waals surface area contributed by atoms with Crippen LogP contribution in [0.1, 0.15) is 0 Å². The van der Waals surface area contributed by atoms with Crippen molar-refractivity contribution in [2.75, 3.05) is 7.11 Å². The Labute approximate surface area is 160 Å². The molecule has 0 aliphatic heterocycles. The highest BCUT2D eigenvalue weighted by Crippen LogP contribution is 2.46. The van der Waals surface area contributed by atoms with Gasteiger partial charge < -0.3 is 4.74 Å². The van der Waals surface area contributed by atoms with Crippen molar-refractivity contribution in [1.82, 2.24) is 3.96 Å². The SMILES string of the molecule is COc1ccc2c(=O)n(-c3c(Cl)c(Cl)c(Cl)c(Cl)c3Cl)sc2c1. The summed E-state index contributed by atoms with van der Waals surface area (Å²) in [5.74, 6) is 0.635. The van der Waals surface area contributed by atoms with E-state index in [0.717, 1.165) is 11.5 Å². The molecule has 0 saturated heterocycles. The number of methoxy groups -OCH3 is 1. The second-order valence-electron chi connectivity index (χ2n) is 4.47. The average molecular weight is 430 g/mol. The molecule has 2 aromatic carbocycles. The van der Waals surface area contributed by atoms with E-state index in [-0.39, 0.29) is 36.4 Å². The normalized spacial score (nSPS) is 11.2. The Morgan fingerprint density at radius 2 is 1.52 bits per heavy atom. The van der Waals surface area contributed by atoms with Gasteiger partial charge >= 0.3 is 0 Å². The van der Waals surface area contributed by atoms with E-state index in [0.29, 0.717) is 15.8 Å². The van der Waals surface area contributed by atoms with Gasteiger partial charge in [0.2, 0.25) is 0 Å². The molecule has 0 amide bonds. The van der Waals surface area contributed by atoms with E-state index in [1.807, 2.05) is 0 Å². The molecule has 3 nitrogen and oxygen atoms in total. The number of hydrogen-bond donors (Lipinski definition) is 0. The van der Waals surface area contributed by atoms with Crippen LogP contribution >= 0.6 is 69.5 Å². The van der Waals surface area contributed by atoms with Gasteiger partial charge in [-0.25, -0.2) is 3.96 Å². The van der Waals surface area contributed by atoms with Gasteiger partial charge in [0, 0.05) is 0 Å². The fraction of sp³-hybridized carbons (Fsp3) is 0.0714. The summed E-state index contributed by atoms with van der Waals surface area (Å²) < 4.78 is 7.21. The predicted octanol–water partition coefficient (Wildman–Crippen LogP) is 6.33. The van der Waals surface area contributed by atoms with E-state index in [4.69, 9.17) is 62.7 Å². The summed E-state index contributed by atoms with van der Waals surface area (Å²) in [6.45, 7) is 0. The fourth-order valence-corrected chi connectivity index (χ4v) is 4.52. The average Bonchev–Trinajstić information content (AvgIpc) is 2.87. The third-order valence-corrected chi connectivity index (χ3v) is 6.51. The first kappa shape index (κ1) is 17.2. The Balaban J connectivity index is 2.38. The Bertz CT molecular complexity index is 966. The second-order valence-corrected chi connectivity index (χ2v) is 7.35. The van der Waals surface area contributed by atoms with Gasteiger partial charge in [0.05, 0.1) is 42.3 Å². The van der Waals surface area contributed by atoms with Crippen LogP contribution in [0.15, 0.2) is 23.0 Å². The monoisotopic (exact) mass is 427 g/mol. The molecule has 1 heterocycles. The molecule has 0 spiro atoms. The Morgan fingerprint density at radius 1 is 0.957 bits per heavy atom. The maximum atomic E-state index is 12.6. The van der Waals surface area contributed by atoms with Crippen LogP contribution in [0.3, 0.4) is 0 Å². The zero-order valence-electron chi connectivity index (χ0n) is 11.3. The first-order chi connectivity index (χ1) is 10.9. The standard InChI is InChI=1S/C14H6Cl5NO2S/c1-22-5-2-3-6-7(4-5)23-20(14(6)21)13-11(18)9(16)8(15)10(17)12(13)19/h2-4H,1H3. The highest BCUT2D eigenvalue weighted by atomic mass is 35.5. The van der Waals surface area contributed by atoms with Gasteiger partial charge in [-0.2, -0.15) is 0 Å². The van der Waals surface area contributed by atoms with Crippen LogP contribution in [-0.2, 0) is 0 Å². The van der Waals surface area contributed by atoms with Gasteiger partial charge in [-0.05, 0) is 18.2 Å². The summed E-state index contributed by atoms with van der Waals surface area (Å²) >= 11 is 31.7. The van der Waals surface area contributed by atoms with Crippen LogP contribution < -0.4 is 10.3 Å². The van der Waals surface area contributed by atoms with Crippen LogP contribution in [0.25, 0.3) is 15.8 Å². The molecule has 120 valence electrons. The smallest absolute Gasteiger partial charge is 0.273 e. The lowest BCUT2D eigenvalue weighted by Gasteiger charge is -2.11. The number of fused-ring (bicyclic) bond motifs is 1. The molecule has 3 rings (SSSR count). The van der Waals surface area contributed by atoms with Crippen LogP contribution in [0.5, 0.6) is 5.75 Å². The molecule has 0 bridgehead atoms. The predicted molar refractivity (Wildman–Crippen MR) is 99.0 cm³/mol. The van der Waals surface area contributed by atoms with Gasteiger partial charge in [-0.3, -0.25) is 4.79 Å². The van der Waals surface area contributed by atoms with Crippen molar-refractivity contribution >= 4 is 79.6 Å². The van der Waals surface area contributed by atoms with Crippen LogP contribution in [-0.4, -0.2) is 11.1 Å². The van der Waals surface area contributed by atoms with Crippen molar-refractivity contribution in [2.24, 2.45) is 0 Å². The van der Waals surface area contributed by atoms with E-state index >= 15 is 0 Å². The Hall–Kier alpha value is -0.620. The first-order valence-electron chi connectivity index (χ1n) is 6.08. The molecule has 0 aliphatic carbocycles. The van der Waals surface area contributed by atoms with E-state index in [1.165, 1.54) is 3.96 Å². The Morgan fingerprint density at radius 3 is 2.09 bits per heavy atom. The summed E-state index contributed by atoms with van der Waals surface area (Å²) in [7, 11) is 1.55. The van der Waals surface area contributed by atoms with Gasteiger partial charge in [0.1, 0.15) is 11.4 Å². The van der Waals surface area contributed by atoms with Crippen molar-refractivity contribution in [3.63, 3.8) is 0 Å². The summed E-state index contributed by atoms with van der Waals surface area (Å²) in [5, 5.41) is 0.755. The summed E-state index contributed by atoms with van der Waals surface area (Å²) in [5.41, 5.74) is -0.0798. The Kier molecular flexibility index (Phi) is 4.76. The molecule has 0 saturated carbocycles. The van der Waals surface area contributed by atoms with E-state index in [1.54, 1.807) is 25.3 Å². The molecule has 9 heteroatoms. The van der Waals surface area contributed by atoms with E-state index < -0.39 is 0 Å². The second kappa shape index (κ2) is 6.36. The molecule has 0 atom stereocenters. The van der Waals surface area contributed by atoms with E-state index in [9.17, 15) is 4.79 Å². The third kappa shape index (κ3) is 2.72. The number of rotatable bonds is 2. The van der Waals surface area contributed by atoms with Crippen molar-refractivity contribution in [3.8, 4) is 11.4 Å². The maximum Gasteiger partial charge on any atom is 0.273 e. The minimum Gasteiger partial charge on any atom is -0.497 e. The number of hydrogen-bond acceptors (Lipinski definition) is 3. The van der Waals surface area contributed by atoms with Gasteiger partial charge in [-0.15, -0.1) is 0 Å². The molecular weight excluding hydrogens is 423 g/mol. The van der Waals surface area contributed by atoms with Crippen molar-refractivity contribution in [1.29, 1.82) is 0 Å². The summed E-state index contributed by atoms with van der Waals surface area (Å²) in [6.07, 6.45) is 0. The van der Waals surface area contributed by atoms with Crippen molar-refractivity contribution < 1.29 is 4.74 Å². The lowest BCUT2D eigenvalue weighted by molar-refractivity contribution is 0.415. The van der Waals surface area contributed by atoms with E-state index in [2.05, 4.69) is 0 Å². The molecule has 23 heavy (non-hydrogen) atoms. The largest absolute Gasteiger partial charge is 0.497 e. The third-order valence-electron chi connectivity index (χ3n) is 3.18. The lowest BCUT2D eigenvalue weighted by Crippen LogP contribution is -2.12. The molecule has 0 radical (unpaired) electrons. The van der Waals surface area contributed by atoms with Crippen LogP contribution in [0.4, 0.5) is 0 Å². The molecule has 0 unspecified atom stereocenters. The minimum absolute atomic E-state index is 0.0414. The molecule has 1 aromatic heterocycles. The number of ether oxygens (including phenoxy) is 1. The number of aromatic nitrogens is 1. The van der Waals surface area contributed by atoms with Crippen LogP contribution in [0.2, 0.25) is 25.1 Å².